The molecule has 1 N–H and O–H groups in total. The summed E-state index contributed by atoms with van der Waals surface area (Å²) in [5.41, 5.74) is 0. The van der Waals surface area contributed by atoms with E-state index in [1.54, 1.807) is 13.3 Å². The lowest BCUT2D eigenvalue weighted by molar-refractivity contribution is 0.412. The lowest BCUT2D eigenvalue weighted by Crippen LogP contribution is -2.25. The van der Waals surface area contributed by atoms with Gasteiger partial charge in [0.05, 0.1) is 7.11 Å². The summed E-state index contributed by atoms with van der Waals surface area (Å²) in [6.45, 7) is 6.58. The highest BCUT2D eigenvalue weighted by molar-refractivity contribution is 5.50. The highest BCUT2D eigenvalue weighted by atomic mass is 16.5. The minimum Gasteiger partial charge on any atom is -0.493 e. The van der Waals surface area contributed by atoms with E-state index in [1.807, 2.05) is 12.1 Å². The Hall–Kier alpha value is -1.25. The minimum absolute atomic E-state index is 0.439. The number of nitrogens with one attached hydrogen (secondary N) is 1. The SMILES string of the molecule is CCC(Nc1ncccc1OC)C(C)C. The van der Waals surface area contributed by atoms with Crippen LogP contribution < -0.4 is 10.1 Å². The highest BCUT2D eigenvalue weighted by Gasteiger charge is 2.13. The second kappa shape index (κ2) is 5.59. The predicted octanol–water partition coefficient (Wildman–Crippen LogP) is 2.94. The predicted molar refractivity (Wildman–Crippen MR) is 63.3 cm³/mol. The largest absolute Gasteiger partial charge is 0.493 e. The average molecular weight is 208 g/mol. The van der Waals surface area contributed by atoms with Crippen LogP contribution in [0.2, 0.25) is 0 Å². The van der Waals surface area contributed by atoms with Gasteiger partial charge in [-0.2, -0.15) is 0 Å². The molecule has 0 fully saturated rings. The van der Waals surface area contributed by atoms with Crippen LogP contribution >= 0.6 is 0 Å². The fraction of sp³-hybridized carbons (Fsp3) is 0.583. The molecule has 0 aliphatic rings. The standard InChI is InChI=1S/C12H20N2O/c1-5-10(9(2)3)14-12-11(15-4)7-6-8-13-12/h6-10H,5H2,1-4H3,(H,13,14). The second-order valence-electron chi connectivity index (χ2n) is 3.96. The second-order valence-corrected chi connectivity index (χ2v) is 3.96. The Bertz CT molecular complexity index is 299. The molecule has 0 saturated carbocycles. The van der Waals surface area contributed by atoms with Crippen molar-refractivity contribution >= 4 is 5.82 Å². The van der Waals surface area contributed by atoms with Crippen LogP contribution in [0, 0.1) is 5.92 Å². The Kier molecular flexibility index (Phi) is 4.40. The Balaban J connectivity index is 2.78. The normalized spacial score (nSPS) is 12.6. The Morgan fingerprint density at radius 1 is 1.47 bits per heavy atom. The number of rotatable bonds is 5. The van der Waals surface area contributed by atoms with Gasteiger partial charge in [-0.3, -0.25) is 0 Å². The molecule has 0 saturated heterocycles. The minimum atomic E-state index is 0.439. The van der Waals surface area contributed by atoms with E-state index in [1.165, 1.54) is 0 Å². The van der Waals surface area contributed by atoms with E-state index in [2.05, 4.69) is 31.1 Å². The van der Waals surface area contributed by atoms with Gasteiger partial charge in [-0.25, -0.2) is 4.98 Å². The summed E-state index contributed by atoms with van der Waals surface area (Å²) < 4.78 is 5.25. The lowest BCUT2D eigenvalue weighted by atomic mass is 10.0. The molecule has 0 aromatic carbocycles. The average Bonchev–Trinajstić information content (AvgIpc) is 2.25. The van der Waals surface area contributed by atoms with Gasteiger partial charge in [0.15, 0.2) is 11.6 Å². The number of aromatic nitrogens is 1. The molecule has 0 aliphatic carbocycles. The first-order chi connectivity index (χ1) is 7.19. The summed E-state index contributed by atoms with van der Waals surface area (Å²) in [4.78, 5) is 4.28. The number of hydrogen-bond donors (Lipinski definition) is 1. The zero-order chi connectivity index (χ0) is 11.3. The van der Waals surface area contributed by atoms with Crippen LogP contribution in [0.25, 0.3) is 0 Å². The van der Waals surface area contributed by atoms with Crippen LogP contribution in [-0.2, 0) is 0 Å². The van der Waals surface area contributed by atoms with E-state index in [0.29, 0.717) is 12.0 Å². The van der Waals surface area contributed by atoms with Crippen molar-refractivity contribution in [1.82, 2.24) is 4.98 Å². The maximum Gasteiger partial charge on any atom is 0.168 e. The number of nitrogens with zero attached hydrogens (tertiary/aromatic N) is 1. The summed E-state index contributed by atoms with van der Waals surface area (Å²) in [6.07, 6.45) is 2.86. The molecule has 1 rings (SSSR count). The molecule has 15 heavy (non-hydrogen) atoms. The molecule has 0 radical (unpaired) electrons. The molecular formula is C12H20N2O. The van der Waals surface area contributed by atoms with Crippen LogP contribution in [-0.4, -0.2) is 18.1 Å². The molecule has 1 heterocycles. The first-order valence-electron chi connectivity index (χ1n) is 5.44. The summed E-state index contributed by atoms with van der Waals surface area (Å²) in [5.74, 6) is 2.22. The first kappa shape index (κ1) is 11.8. The van der Waals surface area contributed by atoms with Gasteiger partial charge < -0.3 is 10.1 Å². The zero-order valence-electron chi connectivity index (χ0n) is 9.95. The van der Waals surface area contributed by atoms with Crippen molar-refractivity contribution in [2.75, 3.05) is 12.4 Å². The molecule has 0 spiro atoms. The summed E-state index contributed by atoms with van der Waals surface area (Å²) >= 11 is 0. The monoisotopic (exact) mass is 208 g/mol. The van der Waals surface area contributed by atoms with E-state index in [4.69, 9.17) is 4.74 Å². The van der Waals surface area contributed by atoms with Crippen molar-refractivity contribution < 1.29 is 4.74 Å². The van der Waals surface area contributed by atoms with Crippen molar-refractivity contribution in [2.24, 2.45) is 5.92 Å². The van der Waals surface area contributed by atoms with Crippen LogP contribution in [0.5, 0.6) is 5.75 Å². The van der Waals surface area contributed by atoms with Gasteiger partial charge in [0.2, 0.25) is 0 Å². The molecule has 0 aliphatic heterocycles. The number of hydrogen-bond acceptors (Lipinski definition) is 3. The van der Waals surface area contributed by atoms with Crippen molar-refractivity contribution in [3.8, 4) is 5.75 Å². The van der Waals surface area contributed by atoms with Gasteiger partial charge in [-0.1, -0.05) is 20.8 Å². The molecule has 0 bridgehead atoms. The van der Waals surface area contributed by atoms with Gasteiger partial charge in [-0.05, 0) is 24.5 Å². The lowest BCUT2D eigenvalue weighted by Gasteiger charge is -2.22. The fourth-order valence-corrected chi connectivity index (χ4v) is 1.58. The third-order valence-electron chi connectivity index (χ3n) is 2.56. The molecule has 1 unspecified atom stereocenters. The summed E-state index contributed by atoms with van der Waals surface area (Å²) in [5, 5.41) is 3.41. The van der Waals surface area contributed by atoms with Crippen LogP contribution in [0.4, 0.5) is 5.82 Å². The van der Waals surface area contributed by atoms with Crippen molar-refractivity contribution in [3.05, 3.63) is 18.3 Å². The zero-order valence-corrected chi connectivity index (χ0v) is 9.95. The maximum absolute atomic E-state index is 5.25. The van der Waals surface area contributed by atoms with Gasteiger partial charge in [0.25, 0.3) is 0 Å². The fourth-order valence-electron chi connectivity index (χ4n) is 1.58. The quantitative estimate of drug-likeness (QED) is 0.807. The van der Waals surface area contributed by atoms with E-state index in [9.17, 15) is 0 Å². The molecular weight excluding hydrogens is 188 g/mol. The maximum atomic E-state index is 5.25. The molecule has 1 aromatic rings. The highest BCUT2D eigenvalue weighted by Crippen LogP contribution is 2.23. The van der Waals surface area contributed by atoms with E-state index < -0.39 is 0 Å². The molecule has 1 aromatic heterocycles. The Morgan fingerprint density at radius 3 is 2.73 bits per heavy atom. The van der Waals surface area contributed by atoms with Gasteiger partial charge in [-0.15, -0.1) is 0 Å². The molecule has 1 atom stereocenters. The van der Waals surface area contributed by atoms with E-state index in [-0.39, 0.29) is 0 Å². The smallest absolute Gasteiger partial charge is 0.168 e. The molecule has 3 heteroatoms. The van der Waals surface area contributed by atoms with Gasteiger partial charge in [0.1, 0.15) is 0 Å². The molecule has 0 amide bonds. The van der Waals surface area contributed by atoms with Gasteiger partial charge in [0, 0.05) is 12.2 Å². The van der Waals surface area contributed by atoms with E-state index >= 15 is 0 Å². The van der Waals surface area contributed by atoms with Crippen molar-refractivity contribution in [2.45, 2.75) is 33.2 Å². The van der Waals surface area contributed by atoms with Crippen molar-refractivity contribution in [1.29, 1.82) is 0 Å². The number of pyridine rings is 1. The van der Waals surface area contributed by atoms with Crippen molar-refractivity contribution in [3.63, 3.8) is 0 Å². The van der Waals surface area contributed by atoms with Crippen LogP contribution in [0.1, 0.15) is 27.2 Å². The van der Waals surface area contributed by atoms with Crippen LogP contribution in [0.3, 0.4) is 0 Å². The van der Waals surface area contributed by atoms with Gasteiger partial charge >= 0.3 is 0 Å². The summed E-state index contributed by atoms with van der Waals surface area (Å²) in [6, 6.07) is 4.23. The number of methoxy groups -OCH3 is 1. The number of anilines is 1. The third-order valence-corrected chi connectivity index (χ3v) is 2.56. The van der Waals surface area contributed by atoms with Crippen LogP contribution in [0.15, 0.2) is 18.3 Å². The molecule has 3 nitrogen and oxygen atoms in total. The summed E-state index contributed by atoms with van der Waals surface area (Å²) in [7, 11) is 1.67. The van der Waals surface area contributed by atoms with E-state index in [0.717, 1.165) is 18.0 Å². The number of ether oxygens (including phenoxy) is 1. The Labute approximate surface area is 91.9 Å². The molecule has 84 valence electrons. The topological polar surface area (TPSA) is 34.2 Å². The third kappa shape index (κ3) is 3.11. The first-order valence-corrected chi connectivity index (χ1v) is 5.44. The Morgan fingerprint density at radius 2 is 2.20 bits per heavy atom.